The Bertz CT molecular complexity index is 543. The number of nitrogens with zero attached hydrogens (tertiary/aromatic N) is 2. The van der Waals surface area contributed by atoms with Crippen LogP contribution >= 0.6 is 0 Å². The van der Waals surface area contributed by atoms with E-state index < -0.39 is 18.0 Å². The Morgan fingerprint density at radius 3 is 2.54 bits per heavy atom. The number of unbranched alkanes of at least 4 members (excludes halogenated alkanes) is 3. The molecule has 26 heavy (non-hydrogen) atoms. The first kappa shape index (κ1) is 21.8. The van der Waals surface area contributed by atoms with Crippen molar-refractivity contribution in [1.29, 1.82) is 5.53 Å². The fourth-order valence-corrected chi connectivity index (χ4v) is 2.54. The van der Waals surface area contributed by atoms with E-state index in [0.29, 0.717) is 0 Å². The summed E-state index contributed by atoms with van der Waals surface area (Å²) in [5.74, 6) is -1.16. The van der Waals surface area contributed by atoms with Crippen molar-refractivity contribution in [2.75, 3.05) is 0 Å². The summed E-state index contributed by atoms with van der Waals surface area (Å²) in [4.78, 5) is 24.1. The zero-order valence-electron chi connectivity index (χ0n) is 15.7. The molecule has 1 aliphatic rings. The first-order valence-electron chi connectivity index (χ1n) is 9.17. The van der Waals surface area contributed by atoms with Crippen molar-refractivity contribution in [3.63, 3.8) is 0 Å². The van der Waals surface area contributed by atoms with Crippen LogP contribution in [0.25, 0.3) is 0 Å². The van der Waals surface area contributed by atoms with Gasteiger partial charge in [-0.05, 0) is 32.6 Å². The first-order chi connectivity index (χ1) is 12.4. The minimum Gasteiger partial charge on any atom is -0.462 e. The van der Waals surface area contributed by atoms with Crippen molar-refractivity contribution >= 4 is 17.8 Å². The second-order valence-corrected chi connectivity index (χ2v) is 6.72. The lowest BCUT2D eigenvalue weighted by atomic mass is 10.1. The maximum Gasteiger partial charge on any atom is 0.334 e. The fraction of sp³-hybridized carbons (Fsp3) is 0.722. The van der Waals surface area contributed by atoms with Gasteiger partial charge in [0.15, 0.2) is 11.9 Å². The molecule has 146 valence electrons. The summed E-state index contributed by atoms with van der Waals surface area (Å²) in [7, 11) is 0. The van der Waals surface area contributed by atoms with E-state index in [1.807, 2.05) is 6.92 Å². The molecule has 0 aliphatic heterocycles. The molecule has 0 saturated heterocycles. The summed E-state index contributed by atoms with van der Waals surface area (Å²) >= 11 is 0. The molecule has 2 atom stereocenters. The van der Waals surface area contributed by atoms with Crippen LogP contribution in [0.3, 0.4) is 0 Å². The minimum atomic E-state index is -0.734. The van der Waals surface area contributed by atoms with Crippen molar-refractivity contribution in [1.82, 2.24) is 0 Å². The maximum absolute atomic E-state index is 12.1. The molecule has 1 unspecified atom stereocenters. The summed E-state index contributed by atoms with van der Waals surface area (Å²) in [6, 6.07) is 0. The smallest absolute Gasteiger partial charge is 0.334 e. The van der Waals surface area contributed by atoms with Gasteiger partial charge in [0.25, 0.3) is 0 Å². The molecule has 1 aliphatic carbocycles. The van der Waals surface area contributed by atoms with E-state index in [1.165, 1.54) is 6.42 Å². The second-order valence-electron chi connectivity index (χ2n) is 6.72. The van der Waals surface area contributed by atoms with Crippen molar-refractivity contribution in [3.05, 3.63) is 12.2 Å². The highest BCUT2D eigenvalue weighted by Crippen LogP contribution is 2.35. The van der Waals surface area contributed by atoms with Gasteiger partial charge in [-0.2, -0.15) is 5.53 Å². The quantitative estimate of drug-likeness (QED) is 0.0981. The third-order valence-corrected chi connectivity index (χ3v) is 4.18. The monoisotopic (exact) mass is 366 g/mol. The number of ether oxygens (including phenoxy) is 2. The van der Waals surface area contributed by atoms with Crippen LogP contribution in [0.2, 0.25) is 0 Å². The van der Waals surface area contributed by atoms with E-state index in [2.05, 4.69) is 23.8 Å². The van der Waals surface area contributed by atoms with E-state index in [1.54, 1.807) is 0 Å². The normalized spacial score (nSPS) is 16.5. The van der Waals surface area contributed by atoms with Gasteiger partial charge >= 0.3 is 11.9 Å². The number of hydrogen-bond donors (Lipinski definition) is 2. The molecule has 0 aromatic heterocycles. The van der Waals surface area contributed by atoms with Crippen LogP contribution in [0.5, 0.6) is 0 Å². The van der Waals surface area contributed by atoms with Crippen LogP contribution in [0, 0.1) is 11.4 Å². The molecule has 0 bridgehead atoms. The zero-order chi connectivity index (χ0) is 19.5. The van der Waals surface area contributed by atoms with Gasteiger partial charge in [-0.25, -0.2) is 4.79 Å². The largest absolute Gasteiger partial charge is 0.462 e. The first-order valence-corrected chi connectivity index (χ1v) is 9.17. The van der Waals surface area contributed by atoms with Crippen LogP contribution < -0.4 is 5.73 Å². The van der Waals surface area contributed by atoms with Gasteiger partial charge in [0.05, 0.1) is 12.5 Å². The molecule has 8 heteroatoms. The van der Waals surface area contributed by atoms with E-state index in [-0.39, 0.29) is 29.9 Å². The summed E-state index contributed by atoms with van der Waals surface area (Å²) in [6.07, 6.45) is 5.82. The van der Waals surface area contributed by atoms with Gasteiger partial charge in [0, 0.05) is 11.5 Å². The molecule has 8 nitrogen and oxygen atoms in total. The van der Waals surface area contributed by atoms with Gasteiger partial charge in [-0.1, -0.05) is 38.0 Å². The minimum absolute atomic E-state index is 0.00875. The van der Waals surface area contributed by atoms with Gasteiger partial charge in [-0.3, -0.25) is 4.79 Å². The molecule has 0 heterocycles. The Kier molecular flexibility index (Phi) is 9.54. The van der Waals surface area contributed by atoms with Gasteiger partial charge in [-0.15, -0.1) is 5.10 Å². The molecular formula is C18H30N4O4. The molecule has 0 aromatic carbocycles. The van der Waals surface area contributed by atoms with E-state index >= 15 is 0 Å². The Morgan fingerprint density at radius 1 is 1.27 bits per heavy atom. The van der Waals surface area contributed by atoms with Crippen LogP contribution in [0.15, 0.2) is 22.5 Å². The Morgan fingerprint density at radius 2 is 1.96 bits per heavy atom. The van der Waals surface area contributed by atoms with Crippen molar-refractivity contribution < 1.29 is 19.1 Å². The molecular weight excluding hydrogens is 336 g/mol. The SMILES string of the molecule is C=C(CC(=O)O[C@@H](C)CCCCCC)C(=O)OC(C(N)=NN=N)C1CC1. The summed E-state index contributed by atoms with van der Waals surface area (Å²) in [5.41, 5.74) is 12.4. The number of rotatable bonds is 13. The molecule has 0 aromatic rings. The third-order valence-electron chi connectivity index (χ3n) is 4.18. The van der Waals surface area contributed by atoms with Crippen LogP contribution in [0.1, 0.15) is 65.2 Å². The van der Waals surface area contributed by atoms with Gasteiger partial charge in [0.1, 0.15) is 0 Å². The average Bonchev–Trinajstić information content (AvgIpc) is 3.41. The molecule has 0 spiro atoms. The maximum atomic E-state index is 12.1. The number of carbonyl (C=O) groups is 2. The number of nitrogens with one attached hydrogen (secondary N) is 1. The summed E-state index contributed by atoms with van der Waals surface area (Å²) in [5, 5.41) is 6.29. The second kappa shape index (κ2) is 11.4. The van der Waals surface area contributed by atoms with Crippen LogP contribution in [-0.2, 0) is 19.1 Å². The molecule has 1 saturated carbocycles. The topological polar surface area (TPSA) is 127 Å². The Balaban J connectivity index is 2.40. The lowest BCUT2D eigenvalue weighted by Crippen LogP contribution is -2.35. The van der Waals surface area contributed by atoms with Crippen molar-refractivity contribution in [3.8, 4) is 0 Å². The number of hydrogen-bond acceptors (Lipinski definition) is 6. The lowest BCUT2D eigenvalue weighted by molar-refractivity contribution is -0.150. The van der Waals surface area contributed by atoms with Crippen molar-refractivity contribution in [2.45, 2.75) is 77.4 Å². The number of amidine groups is 1. The van der Waals surface area contributed by atoms with E-state index in [9.17, 15) is 9.59 Å². The number of carbonyl (C=O) groups excluding carboxylic acids is 2. The third kappa shape index (κ3) is 8.22. The van der Waals surface area contributed by atoms with E-state index in [0.717, 1.165) is 38.5 Å². The lowest BCUT2D eigenvalue weighted by Gasteiger charge is -2.17. The molecule has 0 radical (unpaired) electrons. The number of nitrogens with two attached hydrogens (primary N) is 1. The van der Waals surface area contributed by atoms with Crippen LogP contribution in [0.4, 0.5) is 0 Å². The highest BCUT2D eigenvalue weighted by atomic mass is 16.6. The molecule has 1 fully saturated rings. The average molecular weight is 366 g/mol. The Hall–Kier alpha value is -2.25. The molecule has 3 N–H and O–H groups in total. The standard InChI is InChI=1S/C18H30N4O4/c1-4-5-6-7-8-13(3)25-15(23)11-12(2)18(24)26-16(14-9-10-14)17(19)21-22-20/h13-14,16H,2,4-11H2,1,3H3,(H3,19,20,21)/t13-,16?/m0/s1. The fourth-order valence-electron chi connectivity index (χ4n) is 2.54. The summed E-state index contributed by atoms with van der Waals surface area (Å²) < 4.78 is 10.6. The number of esters is 2. The zero-order valence-corrected chi connectivity index (χ0v) is 15.7. The highest BCUT2D eigenvalue weighted by Gasteiger charge is 2.37. The predicted molar refractivity (Wildman–Crippen MR) is 97.4 cm³/mol. The van der Waals surface area contributed by atoms with Gasteiger partial charge in [0.2, 0.25) is 0 Å². The van der Waals surface area contributed by atoms with Crippen molar-refractivity contribution in [2.24, 2.45) is 22.0 Å². The Labute approximate surface area is 154 Å². The van der Waals surface area contributed by atoms with Gasteiger partial charge < -0.3 is 15.2 Å². The predicted octanol–water partition coefficient (Wildman–Crippen LogP) is 3.46. The molecule has 0 amide bonds. The molecule has 1 rings (SSSR count). The van der Waals surface area contributed by atoms with Crippen LogP contribution in [-0.4, -0.2) is 30.0 Å². The van der Waals surface area contributed by atoms with E-state index in [4.69, 9.17) is 20.7 Å². The summed E-state index contributed by atoms with van der Waals surface area (Å²) in [6.45, 7) is 7.59. The highest BCUT2D eigenvalue weighted by molar-refractivity contribution is 5.95.